The maximum absolute atomic E-state index is 12.5. The first-order chi connectivity index (χ1) is 21.0. The molecule has 0 amide bonds. The third-order valence-corrected chi connectivity index (χ3v) is 8.63. The highest BCUT2D eigenvalue weighted by atomic mass is 31.2. The van der Waals surface area contributed by atoms with Crippen molar-refractivity contribution in [1.29, 1.82) is 0 Å². The zero-order chi connectivity index (χ0) is 32.9. The summed E-state index contributed by atoms with van der Waals surface area (Å²) in [6.45, 7) is 4.38. The molecular formula is C35H67NO7P+. The highest BCUT2D eigenvalue weighted by Crippen LogP contribution is 2.42. The lowest BCUT2D eigenvalue weighted by Crippen LogP contribution is -2.37. The number of quaternary nitrogens is 1. The Hall–Kier alpha value is -1.47. The van der Waals surface area contributed by atoms with Crippen LogP contribution in [0, 0.1) is 0 Å². The van der Waals surface area contributed by atoms with E-state index in [1.807, 2.05) is 21.1 Å². The molecule has 0 bridgehead atoms. The largest absolute Gasteiger partial charge is 0.462 e. The monoisotopic (exact) mass is 644 g/mol. The molecule has 0 spiro atoms. The average molecular weight is 645 g/mol. The molecular weight excluding hydrogens is 577 g/mol. The zero-order valence-electron chi connectivity index (χ0n) is 28.9. The van der Waals surface area contributed by atoms with Gasteiger partial charge < -0.3 is 23.4 Å². The Kier molecular flexibility index (Phi) is 26.9. The summed E-state index contributed by atoms with van der Waals surface area (Å²) in [4.78, 5) is 35.0. The van der Waals surface area contributed by atoms with E-state index in [0.717, 1.165) is 70.6 Å². The Morgan fingerprint density at radius 1 is 0.705 bits per heavy atom. The maximum Gasteiger partial charge on any atom is 0.333 e. The number of ether oxygens (including phenoxy) is 2. The van der Waals surface area contributed by atoms with Crippen LogP contribution in [-0.2, 0) is 28.2 Å². The van der Waals surface area contributed by atoms with E-state index in [1.54, 1.807) is 0 Å². The van der Waals surface area contributed by atoms with Crippen LogP contribution in [0.4, 0.5) is 0 Å². The molecule has 0 heterocycles. The molecule has 0 aliphatic heterocycles. The van der Waals surface area contributed by atoms with E-state index < -0.39 is 19.7 Å². The Bertz CT molecular complexity index is 822. The second-order valence-electron chi connectivity index (χ2n) is 13.0. The molecule has 0 aromatic rings. The molecule has 1 N–H and O–H groups in total. The zero-order valence-corrected chi connectivity index (χ0v) is 29.8. The summed E-state index contributed by atoms with van der Waals surface area (Å²) in [5.41, 5.74) is 0. The van der Waals surface area contributed by atoms with Crippen molar-refractivity contribution in [3.8, 4) is 0 Å². The van der Waals surface area contributed by atoms with E-state index in [4.69, 9.17) is 14.0 Å². The Morgan fingerprint density at radius 2 is 1.20 bits per heavy atom. The van der Waals surface area contributed by atoms with Crippen LogP contribution in [0.2, 0.25) is 0 Å². The van der Waals surface area contributed by atoms with Crippen molar-refractivity contribution in [2.45, 2.75) is 142 Å². The van der Waals surface area contributed by atoms with Gasteiger partial charge in [0, 0.05) is 12.8 Å². The Labute approximate surface area is 270 Å². The minimum absolute atomic E-state index is 0.0124. The molecule has 0 aromatic heterocycles. The van der Waals surface area contributed by atoms with Crippen LogP contribution in [0.3, 0.4) is 0 Å². The standard InChI is InChI=1S/C35H66NO7P/c1-6-8-10-12-14-15-16-17-18-19-20-21-22-24-25-27-34(37)41-31-33(32-42-44(39,40)30-29-36(3,4)5)43-35(38)28-26-23-13-11-9-7-2/h14-15,17-18,33H,6-13,16,19-32H2,1-5H3/p+1. The van der Waals surface area contributed by atoms with Gasteiger partial charge in [0.1, 0.15) is 6.61 Å². The second kappa shape index (κ2) is 27.8. The van der Waals surface area contributed by atoms with E-state index >= 15 is 0 Å². The van der Waals surface area contributed by atoms with E-state index in [-0.39, 0.29) is 31.8 Å². The van der Waals surface area contributed by atoms with Crippen LogP contribution in [0.15, 0.2) is 24.3 Å². The number of carbonyl (C=O) groups excluding carboxylic acids is 2. The number of esters is 2. The first-order valence-electron chi connectivity index (χ1n) is 17.4. The van der Waals surface area contributed by atoms with Crippen molar-refractivity contribution in [1.82, 2.24) is 0 Å². The van der Waals surface area contributed by atoms with E-state index in [0.29, 0.717) is 17.4 Å². The van der Waals surface area contributed by atoms with Crippen molar-refractivity contribution in [3.05, 3.63) is 24.3 Å². The molecule has 2 atom stereocenters. The molecule has 0 fully saturated rings. The Morgan fingerprint density at radius 3 is 1.80 bits per heavy atom. The fourth-order valence-corrected chi connectivity index (χ4v) is 5.82. The summed E-state index contributed by atoms with van der Waals surface area (Å²) in [6.07, 6.45) is 27.1. The predicted molar refractivity (Wildman–Crippen MR) is 182 cm³/mol. The number of unbranched alkanes of at least 4 members (excludes halogenated alkanes) is 13. The van der Waals surface area contributed by atoms with Gasteiger partial charge in [0.15, 0.2) is 6.10 Å². The lowest BCUT2D eigenvalue weighted by atomic mass is 10.1. The van der Waals surface area contributed by atoms with Gasteiger partial charge in [0.2, 0.25) is 0 Å². The number of nitrogens with zero attached hydrogens (tertiary/aromatic N) is 1. The first kappa shape index (κ1) is 42.5. The third-order valence-electron chi connectivity index (χ3n) is 7.31. The van der Waals surface area contributed by atoms with Gasteiger partial charge in [0.05, 0.1) is 40.5 Å². The minimum Gasteiger partial charge on any atom is -0.462 e. The molecule has 0 aliphatic rings. The van der Waals surface area contributed by atoms with E-state index in [1.165, 1.54) is 38.5 Å². The normalized spacial score (nSPS) is 14.2. The smallest absolute Gasteiger partial charge is 0.333 e. The van der Waals surface area contributed by atoms with Crippen molar-refractivity contribution < 1.29 is 37.5 Å². The second-order valence-corrected chi connectivity index (χ2v) is 14.9. The van der Waals surface area contributed by atoms with Gasteiger partial charge >= 0.3 is 19.5 Å². The van der Waals surface area contributed by atoms with Crippen molar-refractivity contribution >= 4 is 19.5 Å². The molecule has 0 aromatic carbocycles. The number of hydrogen-bond acceptors (Lipinski definition) is 6. The number of allylic oxidation sites excluding steroid dienone is 4. The average Bonchev–Trinajstić information content (AvgIpc) is 2.97. The first-order valence-corrected chi connectivity index (χ1v) is 19.2. The van der Waals surface area contributed by atoms with Gasteiger partial charge in [-0.25, -0.2) is 0 Å². The van der Waals surface area contributed by atoms with Crippen LogP contribution in [-0.4, -0.2) is 74.5 Å². The quantitative estimate of drug-likeness (QED) is 0.0274. The van der Waals surface area contributed by atoms with Crippen molar-refractivity contribution in [2.24, 2.45) is 0 Å². The Balaban J connectivity index is 4.36. The van der Waals surface area contributed by atoms with Gasteiger partial charge in [-0.3, -0.25) is 14.2 Å². The number of rotatable bonds is 30. The lowest BCUT2D eigenvalue weighted by molar-refractivity contribution is -0.867. The molecule has 9 heteroatoms. The molecule has 0 radical (unpaired) electrons. The van der Waals surface area contributed by atoms with Crippen LogP contribution in [0.5, 0.6) is 0 Å². The lowest BCUT2D eigenvalue weighted by Gasteiger charge is -2.25. The van der Waals surface area contributed by atoms with E-state index in [2.05, 4.69) is 38.2 Å². The summed E-state index contributed by atoms with van der Waals surface area (Å²) < 4.78 is 29.3. The highest BCUT2D eigenvalue weighted by Gasteiger charge is 2.27. The molecule has 258 valence electrons. The highest BCUT2D eigenvalue weighted by molar-refractivity contribution is 7.52. The van der Waals surface area contributed by atoms with Gasteiger partial charge in [-0.2, -0.15) is 0 Å². The third kappa shape index (κ3) is 30.6. The topological polar surface area (TPSA) is 99.1 Å². The fraction of sp³-hybridized carbons (Fsp3) is 0.829. The molecule has 0 saturated carbocycles. The van der Waals surface area contributed by atoms with Crippen LogP contribution < -0.4 is 0 Å². The van der Waals surface area contributed by atoms with Crippen LogP contribution in [0.25, 0.3) is 0 Å². The summed E-state index contributed by atoms with van der Waals surface area (Å²) >= 11 is 0. The summed E-state index contributed by atoms with van der Waals surface area (Å²) in [6, 6.07) is 0. The van der Waals surface area contributed by atoms with Gasteiger partial charge in [-0.15, -0.1) is 0 Å². The van der Waals surface area contributed by atoms with Crippen molar-refractivity contribution in [2.75, 3.05) is 47.1 Å². The SMILES string of the molecule is CCCCCC=CCC=CCCCCCCCC(=O)OCC(COP(=O)(O)CC[N+](C)(C)C)OC(=O)CCCCCCCC. The molecule has 2 unspecified atom stereocenters. The summed E-state index contributed by atoms with van der Waals surface area (Å²) in [5, 5.41) is 0. The number of carbonyl (C=O) groups is 2. The van der Waals surface area contributed by atoms with Crippen LogP contribution in [0.1, 0.15) is 136 Å². The van der Waals surface area contributed by atoms with Crippen molar-refractivity contribution in [3.63, 3.8) is 0 Å². The van der Waals surface area contributed by atoms with E-state index in [9.17, 15) is 19.0 Å². The summed E-state index contributed by atoms with van der Waals surface area (Å²) in [5.74, 6) is -0.761. The predicted octanol–water partition coefficient (Wildman–Crippen LogP) is 8.91. The minimum atomic E-state index is -3.87. The number of hydrogen-bond donors (Lipinski definition) is 1. The molecule has 0 rings (SSSR count). The maximum atomic E-state index is 12.5. The molecule has 8 nitrogen and oxygen atoms in total. The molecule has 44 heavy (non-hydrogen) atoms. The van der Waals surface area contributed by atoms with Gasteiger partial charge in [-0.1, -0.05) is 102 Å². The molecule has 0 saturated heterocycles. The fourth-order valence-electron chi connectivity index (χ4n) is 4.44. The van der Waals surface area contributed by atoms with Crippen LogP contribution >= 0.6 is 7.60 Å². The van der Waals surface area contributed by atoms with Gasteiger partial charge in [-0.05, 0) is 44.9 Å². The van der Waals surface area contributed by atoms with Gasteiger partial charge in [0.25, 0.3) is 0 Å². The summed E-state index contributed by atoms with van der Waals surface area (Å²) in [7, 11) is 1.92. The molecule has 0 aliphatic carbocycles.